The van der Waals surface area contributed by atoms with Crippen molar-refractivity contribution in [3.63, 3.8) is 0 Å². The van der Waals surface area contributed by atoms with Gasteiger partial charge < -0.3 is 15.4 Å². The molecule has 1 amide bonds. The van der Waals surface area contributed by atoms with E-state index in [1.54, 1.807) is 0 Å². The molecule has 2 aromatic carbocycles. The molecule has 2 bridgehead atoms. The predicted octanol–water partition coefficient (Wildman–Crippen LogP) is 3.55. The lowest BCUT2D eigenvalue weighted by Crippen LogP contribution is -2.48. The Morgan fingerprint density at radius 2 is 1.65 bits per heavy atom. The van der Waals surface area contributed by atoms with Crippen LogP contribution in [-0.2, 0) is 4.79 Å². The van der Waals surface area contributed by atoms with Crippen LogP contribution in [-0.4, -0.2) is 30.6 Å². The predicted molar refractivity (Wildman–Crippen MR) is 106 cm³/mol. The molecule has 0 saturated carbocycles. The van der Waals surface area contributed by atoms with Crippen LogP contribution in [0.25, 0.3) is 11.1 Å². The Morgan fingerprint density at radius 3 is 2.38 bits per heavy atom. The summed E-state index contributed by atoms with van der Waals surface area (Å²) in [5, 5.41) is 6.74. The van der Waals surface area contributed by atoms with Crippen molar-refractivity contribution >= 4 is 18.3 Å². The molecule has 2 fully saturated rings. The molecular weight excluding hydrogens is 348 g/mol. The van der Waals surface area contributed by atoms with Crippen molar-refractivity contribution in [2.24, 2.45) is 0 Å². The zero-order valence-electron chi connectivity index (χ0n) is 14.7. The number of halogens is 1. The fourth-order valence-corrected chi connectivity index (χ4v) is 4.04. The van der Waals surface area contributed by atoms with Crippen LogP contribution in [0.5, 0.6) is 5.75 Å². The molecule has 5 heteroatoms. The van der Waals surface area contributed by atoms with Gasteiger partial charge in [-0.2, -0.15) is 0 Å². The van der Waals surface area contributed by atoms with E-state index in [0.717, 1.165) is 29.7 Å². The first-order valence-electron chi connectivity index (χ1n) is 9.10. The van der Waals surface area contributed by atoms with E-state index < -0.39 is 0 Å². The molecule has 26 heavy (non-hydrogen) atoms. The largest absolute Gasteiger partial charge is 0.483 e. The van der Waals surface area contributed by atoms with E-state index >= 15 is 0 Å². The quantitative estimate of drug-likeness (QED) is 0.843. The molecule has 2 heterocycles. The molecule has 2 aliphatic heterocycles. The second kappa shape index (κ2) is 8.56. The Labute approximate surface area is 160 Å². The van der Waals surface area contributed by atoms with Crippen molar-refractivity contribution in [3.8, 4) is 16.9 Å². The molecule has 0 aliphatic carbocycles. The Bertz CT molecular complexity index is 726. The summed E-state index contributed by atoms with van der Waals surface area (Å²) < 4.78 is 5.84. The first-order valence-corrected chi connectivity index (χ1v) is 9.10. The van der Waals surface area contributed by atoms with Gasteiger partial charge >= 0.3 is 0 Å². The second-order valence-electron chi connectivity index (χ2n) is 7.02. The van der Waals surface area contributed by atoms with Crippen LogP contribution in [0.4, 0.5) is 0 Å². The average Bonchev–Trinajstić information content (AvgIpc) is 2.99. The van der Waals surface area contributed by atoms with Crippen LogP contribution in [0.15, 0.2) is 54.6 Å². The van der Waals surface area contributed by atoms with E-state index in [2.05, 4.69) is 10.6 Å². The van der Waals surface area contributed by atoms with Crippen molar-refractivity contribution in [3.05, 3.63) is 54.6 Å². The van der Waals surface area contributed by atoms with Crippen molar-refractivity contribution in [2.45, 2.75) is 43.8 Å². The van der Waals surface area contributed by atoms with Crippen molar-refractivity contribution in [1.29, 1.82) is 0 Å². The summed E-state index contributed by atoms with van der Waals surface area (Å²) in [6.45, 7) is 0.0586. The van der Waals surface area contributed by atoms with Gasteiger partial charge in [0, 0.05) is 23.7 Å². The SMILES string of the molecule is Cl.O=C(COc1ccccc1-c1ccccc1)NC1CC2CCC(C1)N2. The van der Waals surface area contributed by atoms with Gasteiger partial charge in [-0.05, 0) is 37.3 Å². The number of carbonyl (C=O) groups is 1. The zero-order chi connectivity index (χ0) is 17.1. The summed E-state index contributed by atoms with van der Waals surface area (Å²) in [6.07, 6.45) is 4.53. The van der Waals surface area contributed by atoms with E-state index in [1.807, 2.05) is 54.6 Å². The number of amides is 1. The maximum atomic E-state index is 12.3. The lowest BCUT2D eigenvalue weighted by molar-refractivity contribution is -0.124. The van der Waals surface area contributed by atoms with Gasteiger partial charge in [-0.25, -0.2) is 0 Å². The van der Waals surface area contributed by atoms with Gasteiger partial charge in [0.2, 0.25) is 0 Å². The van der Waals surface area contributed by atoms with Crippen LogP contribution >= 0.6 is 12.4 Å². The summed E-state index contributed by atoms with van der Waals surface area (Å²) in [7, 11) is 0. The minimum atomic E-state index is -0.0332. The van der Waals surface area contributed by atoms with E-state index in [9.17, 15) is 4.79 Å². The average molecular weight is 373 g/mol. The van der Waals surface area contributed by atoms with E-state index in [-0.39, 0.29) is 31.0 Å². The third-order valence-corrected chi connectivity index (χ3v) is 5.17. The number of rotatable bonds is 5. The monoisotopic (exact) mass is 372 g/mol. The molecule has 2 unspecified atom stereocenters. The molecule has 2 saturated heterocycles. The third-order valence-electron chi connectivity index (χ3n) is 5.17. The normalized spacial score (nSPS) is 23.8. The standard InChI is InChI=1S/C21H24N2O2.ClH/c24-21(23-18-12-16-10-11-17(13-18)22-16)14-25-20-9-5-4-8-19(20)15-6-2-1-3-7-15;/h1-9,16-18,22H,10-14H2,(H,23,24);1H. The lowest BCUT2D eigenvalue weighted by atomic mass is 10.00. The molecule has 4 nitrogen and oxygen atoms in total. The molecule has 0 aromatic heterocycles. The first-order chi connectivity index (χ1) is 12.3. The highest BCUT2D eigenvalue weighted by Gasteiger charge is 2.33. The molecule has 138 valence electrons. The number of piperidine rings is 1. The highest BCUT2D eigenvalue weighted by Crippen LogP contribution is 2.29. The number of hydrogen-bond donors (Lipinski definition) is 2. The van der Waals surface area contributed by atoms with Gasteiger partial charge in [-0.15, -0.1) is 12.4 Å². The fraction of sp³-hybridized carbons (Fsp3) is 0.381. The number of ether oxygens (including phenoxy) is 1. The van der Waals surface area contributed by atoms with Gasteiger partial charge in [0.15, 0.2) is 6.61 Å². The molecule has 0 radical (unpaired) electrons. The zero-order valence-corrected chi connectivity index (χ0v) is 15.5. The number of fused-ring (bicyclic) bond motifs is 2. The fourth-order valence-electron chi connectivity index (χ4n) is 4.04. The van der Waals surface area contributed by atoms with E-state index in [0.29, 0.717) is 12.1 Å². The van der Waals surface area contributed by atoms with Crippen LogP contribution in [0, 0.1) is 0 Å². The summed E-state index contributed by atoms with van der Waals surface area (Å²) in [4.78, 5) is 12.3. The highest BCUT2D eigenvalue weighted by molar-refractivity contribution is 5.85. The molecular formula is C21H25ClN2O2. The van der Waals surface area contributed by atoms with Crippen LogP contribution in [0.1, 0.15) is 25.7 Å². The Kier molecular flexibility index (Phi) is 6.17. The topological polar surface area (TPSA) is 50.4 Å². The van der Waals surface area contributed by atoms with E-state index in [4.69, 9.17) is 4.74 Å². The highest BCUT2D eigenvalue weighted by atomic mass is 35.5. The van der Waals surface area contributed by atoms with Crippen molar-refractivity contribution in [1.82, 2.24) is 10.6 Å². The first kappa shape index (κ1) is 18.7. The molecule has 2 aromatic rings. The number of carbonyl (C=O) groups excluding carboxylic acids is 1. The second-order valence-corrected chi connectivity index (χ2v) is 7.02. The van der Waals surface area contributed by atoms with Crippen molar-refractivity contribution < 1.29 is 9.53 Å². The van der Waals surface area contributed by atoms with Gasteiger partial charge in [-0.1, -0.05) is 48.5 Å². The molecule has 2 aliphatic rings. The molecule has 2 N–H and O–H groups in total. The molecule has 4 rings (SSSR count). The smallest absolute Gasteiger partial charge is 0.258 e. The minimum Gasteiger partial charge on any atom is -0.483 e. The van der Waals surface area contributed by atoms with Crippen molar-refractivity contribution in [2.75, 3.05) is 6.61 Å². The number of hydrogen-bond acceptors (Lipinski definition) is 3. The van der Waals surface area contributed by atoms with Gasteiger partial charge in [0.05, 0.1) is 0 Å². The summed E-state index contributed by atoms with van der Waals surface area (Å²) in [5.74, 6) is 0.711. The summed E-state index contributed by atoms with van der Waals surface area (Å²) in [6, 6.07) is 19.4. The Hall–Kier alpha value is -2.04. The Morgan fingerprint density at radius 1 is 1.00 bits per heavy atom. The molecule has 0 spiro atoms. The van der Waals surface area contributed by atoms with Crippen LogP contribution in [0.2, 0.25) is 0 Å². The maximum absolute atomic E-state index is 12.3. The molecule has 2 atom stereocenters. The maximum Gasteiger partial charge on any atom is 0.258 e. The van der Waals surface area contributed by atoms with E-state index in [1.165, 1.54) is 12.8 Å². The number of para-hydroxylation sites is 1. The number of benzene rings is 2. The van der Waals surface area contributed by atoms with Gasteiger partial charge in [-0.3, -0.25) is 4.79 Å². The lowest BCUT2D eigenvalue weighted by Gasteiger charge is -2.29. The van der Waals surface area contributed by atoms with Crippen LogP contribution < -0.4 is 15.4 Å². The summed E-state index contributed by atoms with van der Waals surface area (Å²) >= 11 is 0. The third kappa shape index (κ3) is 4.37. The minimum absolute atomic E-state index is 0. The van der Waals surface area contributed by atoms with Crippen LogP contribution in [0.3, 0.4) is 0 Å². The number of nitrogens with one attached hydrogen (secondary N) is 2. The Balaban J connectivity index is 0.00000196. The van der Waals surface area contributed by atoms with Gasteiger partial charge in [0.25, 0.3) is 5.91 Å². The summed E-state index contributed by atoms with van der Waals surface area (Å²) in [5.41, 5.74) is 2.10. The van der Waals surface area contributed by atoms with Gasteiger partial charge in [0.1, 0.15) is 5.75 Å².